The van der Waals surface area contributed by atoms with Gasteiger partial charge in [-0.1, -0.05) is 12.1 Å². The molecule has 0 aromatic heterocycles. The highest BCUT2D eigenvalue weighted by molar-refractivity contribution is 7.80. The van der Waals surface area contributed by atoms with Gasteiger partial charge in [0.15, 0.2) is 22.6 Å². The molecule has 0 aliphatic carbocycles. The van der Waals surface area contributed by atoms with Gasteiger partial charge in [-0.3, -0.25) is 14.9 Å². The van der Waals surface area contributed by atoms with Crippen molar-refractivity contribution in [2.45, 2.75) is 25.7 Å². The van der Waals surface area contributed by atoms with Gasteiger partial charge in [0.1, 0.15) is 5.78 Å². The Morgan fingerprint density at radius 2 is 1.59 bits per heavy atom. The van der Waals surface area contributed by atoms with Crippen molar-refractivity contribution in [3.63, 3.8) is 0 Å². The van der Waals surface area contributed by atoms with E-state index in [2.05, 4.69) is 15.5 Å². The molecule has 0 saturated heterocycles. The molecule has 32 heavy (non-hydrogen) atoms. The predicted octanol–water partition coefficient (Wildman–Crippen LogP) is 4.50. The number of Topliss-reactive ketones (excluding diaryl/α,β-unsaturated/α-hetero) is 1. The Bertz CT molecular complexity index is 933. The predicted molar refractivity (Wildman–Crippen MR) is 125 cm³/mol. The van der Waals surface area contributed by atoms with E-state index in [1.54, 1.807) is 24.3 Å². The van der Waals surface area contributed by atoms with Crippen LogP contribution in [0.15, 0.2) is 36.4 Å². The molecule has 0 aliphatic rings. The Kier molecular flexibility index (Phi) is 11.3. The number of hydrogen-bond acceptors (Lipinski definition) is 4. The second-order valence-corrected chi connectivity index (χ2v) is 7.74. The summed E-state index contributed by atoms with van der Waals surface area (Å²) in [7, 11) is 3.99. The van der Waals surface area contributed by atoms with E-state index < -0.39 is 28.9 Å². The summed E-state index contributed by atoms with van der Waals surface area (Å²) in [6.45, 7) is 0.954. The summed E-state index contributed by atoms with van der Waals surface area (Å²) in [5.41, 5.74) is 1.01. The topological polar surface area (TPSA) is 61.4 Å². The molecule has 0 saturated carbocycles. The second-order valence-electron chi connectivity index (χ2n) is 7.33. The summed E-state index contributed by atoms with van der Waals surface area (Å²) >= 11 is 5.02. The molecule has 0 fully saturated rings. The standard InChI is InChI=1S/C22H24F3N3O2S.ClH/c1-28(2)10-4-3-5-17(29)11-14-6-8-16(9-7-14)26-22(31)27-21(30)15-12-18(23)20(25)19(24)13-15;/h6-9,12-13H,3-5,10-11H2,1-2H3,(H2,26,27,30,31);1H. The molecule has 0 heterocycles. The van der Waals surface area contributed by atoms with E-state index in [0.717, 1.165) is 24.9 Å². The van der Waals surface area contributed by atoms with Crippen LogP contribution in [-0.2, 0) is 11.2 Å². The number of unbranched alkanes of at least 4 members (excludes halogenated alkanes) is 1. The van der Waals surface area contributed by atoms with Crippen LogP contribution in [0.3, 0.4) is 0 Å². The third kappa shape index (κ3) is 8.94. The smallest absolute Gasteiger partial charge is 0.257 e. The first-order valence-electron chi connectivity index (χ1n) is 9.68. The number of halogens is 4. The minimum atomic E-state index is -1.65. The van der Waals surface area contributed by atoms with Crippen LogP contribution in [0.4, 0.5) is 18.9 Å². The van der Waals surface area contributed by atoms with Crippen LogP contribution < -0.4 is 10.6 Å². The molecule has 1 amide bonds. The molecule has 5 nitrogen and oxygen atoms in total. The van der Waals surface area contributed by atoms with Crippen LogP contribution in [0.1, 0.15) is 35.2 Å². The van der Waals surface area contributed by atoms with Gasteiger partial charge in [0.05, 0.1) is 0 Å². The maximum absolute atomic E-state index is 13.3. The van der Waals surface area contributed by atoms with Crippen molar-refractivity contribution in [1.82, 2.24) is 10.2 Å². The van der Waals surface area contributed by atoms with Crippen LogP contribution in [0.2, 0.25) is 0 Å². The lowest BCUT2D eigenvalue weighted by atomic mass is 10.0. The number of carbonyl (C=O) groups excluding carboxylic acids is 2. The third-order valence-corrected chi connectivity index (χ3v) is 4.60. The van der Waals surface area contributed by atoms with Gasteiger partial charge in [0.25, 0.3) is 5.91 Å². The molecule has 2 N–H and O–H groups in total. The van der Waals surface area contributed by atoms with E-state index in [9.17, 15) is 22.8 Å². The summed E-state index contributed by atoms with van der Waals surface area (Å²) in [5.74, 6) is -5.30. The van der Waals surface area contributed by atoms with Crippen molar-refractivity contribution in [2.75, 3.05) is 26.0 Å². The van der Waals surface area contributed by atoms with E-state index in [1.165, 1.54) is 0 Å². The largest absolute Gasteiger partial charge is 0.332 e. The molecular formula is C22H25ClF3N3O2S. The van der Waals surface area contributed by atoms with Crippen LogP contribution in [-0.4, -0.2) is 42.3 Å². The highest BCUT2D eigenvalue weighted by Crippen LogP contribution is 2.14. The van der Waals surface area contributed by atoms with Crippen molar-refractivity contribution in [2.24, 2.45) is 0 Å². The molecule has 2 aromatic rings. The number of anilines is 1. The summed E-state index contributed by atoms with van der Waals surface area (Å²) in [5, 5.41) is 4.94. The zero-order chi connectivity index (χ0) is 23.0. The third-order valence-electron chi connectivity index (χ3n) is 4.40. The first-order valence-corrected chi connectivity index (χ1v) is 10.1. The number of nitrogens with zero attached hydrogens (tertiary/aromatic N) is 1. The molecule has 0 aliphatic heterocycles. The molecule has 174 valence electrons. The maximum atomic E-state index is 13.3. The van der Waals surface area contributed by atoms with Crippen molar-refractivity contribution >= 4 is 47.1 Å². The van der Waals surface area contributed by atoms with E-state index >= 15 is 0 Å². The van der Waals surface area contributed by atoms with Gasteiger partial charge in [-0.2, -0.15) is 0 Å². The number of benzene rings is 2. The highest BCUT2D eigenvalue weighted by atomic mass is 35.5. The number of amides is 1. The maximum Gasteiger partial charge on any atom is 0.257 e. The fourth-order valence-corrected chi connectivity index (χ4v) is 3.01. The van der Waals surface area contributed by atoms with Crippen molar-refractivity contribution in [3.8, 4) is 0 Å². The Morgan fingerprint density at radius 1 is 1.00 bits per heavy atom. The van der Waals surface area contributed by atoms with Gasteiger partial charge in [-0.15, -0.1) is 12.4 Å². The van der Waals surface area contributed by atoms with Gasteiger partial charge in [0.2, 0.25) is 0 Å². The average molecular weight is 488 g/mol. The molecule has 0 bridgehead atoms. The fraction of sp³-hybridized carbons (Fsp3) is 0.318. The molecule has 2 rings (SSSR count). The summed E-state index contributed by atoms with van der Waals surface area (Å²) in [4.78, 5) is 26.2. The van der Waals surface area contributed by atoms with E-state index in [-0.39, 0.29) is 23.3 Å². The van der Waals surface area contributed by atoms with Crippen LogP contribution in [0.5, 0.6) is 0 Å². The fourth-order valence-electron chi connectivity index (χ4n) is 2.80. The SMILES string of the molecule is CN(C)CCCCC(=O)Cc1ccc(NC(=S)NC(=O)c2cc(F)c(F)c(F)c2)cc1.Cl. The molecule has 0 atom stereocenters. The molecule has 0 radical (unpaired) electrons. The first-order chi connectivity index (χ1) is 14.7. The molecule has 2 aromatic carbocycles. The number of rotatable bonds is 9. The second kappa shape index (κ2) is 13.1. The highest BCUT2D eigenvalue weighted by Gasteiger charge is 2.16. The van der Waals surface area contributed by atoms with Gasteiger partial charge < -0.3 is 10.2 Å². The number of thiocarbonyl (C=S) groups is 1. The van der Waals surface area contributed by atoms with E-state index in [0.29, 0.717) is 30.7 Å². The number of nitrogens with one attached hydrogen (secondary N) is 2. The summed E-state index contributed by atoms with van der Waals surface area (Å²) < 4.78 is 39.5. The van der Waals surface area contributed by atoms with Gasteiger partial charge >= 0.3 is 0 Å². The molecule has 0 spiro atoms. The molecule has 0 unspecified atom stereocenters. The van der Waals surface area contributed by atoms with Gasteiger partial charge in [-0.25, -0.2) is 13.2 Å². The van der Waals surface area contributed by atoms with Gasteiger partial charge in [-0.05, 0) is 75.5 Å². The van der Waals surface area contributed by atoms with E-state index in [4.69, 9.17) is 12.2 Å². The summed E-state index contributed by atoms with van der Waals surface area (Å²) in [6.07, 6.45) is 2.70. The average Bonchev–Trinajstić information content (AvgIpc) is 2.70. The van der Waals surface area contributed by atoms with Crippen LogP contribution in [0.25, 0.3) is 0 Å². The Hall–Kier alpha value is -2.49. The molecular weight excluding hydrogens is 463 g/mol. The van der Waals surface area contributed by atoms with E-state index in [1.807, 2.05) is 14.1 Å². The molecule has 10 heteroatoms. The Morgan fingerprint density at radius 3 is 2.16 bits per heavy atom. The van der Waals surface area contributed by atoms with Gasteiger partial charge in [0, 0.05) is 24.1 Å². The number of ketones is 1. The first kappa shape index (κ1) is 27.5. The minimum Gasteiger partial charge on any atom is -0.332 e. The monoisotopic (exact) mass is 487 g/mol. The lowest BCUT2D eigenvalue weighted by Gasteiger charge is -2.11. The zero-order valence-corrected chi connectivity index (χ0v) is 19.3. The zero-order valence-electron chi connectivity index (χ0n) is 17.7. The Labute approximate surface area is 196 Å². The number of hydrogen-bond donors (Lipinski definition) is 2. The lowest BCUT2D eigenvalue weighted by Crippen LogP contribution is -2.34. The van der Waals surface area contributed by atoms with Crippen molar-refractivity contribution < 1.29 is 22.8 Å². The normalized spacial score (nSPS) is 10.4. The van der Waals surface area contributed by atoms with Crippen LogP contribution in [0, 0.1) is 17.5 Å². The minimum absolute atomic E-state index is 0. The lowest BCUT2D eigenvalue weighted by molar-refractivity contribution is -0.118. The number of carbonyl (C=O) groups is 2. The Balaban J connectivity index is 0.00000512. The quantitative estimate of drug-likeness (QED) is 0.310. The van der Waals surface area contributed by atoms with Crippen molar-refractivity contribution in [3.05, 3.63) is 65.0 Å². The summed E-state index contributed by atoms with van der Waals surface area (Å²) in [6, 6.07) is 8.12. The van der Waals surface area contributed by atoms with Crippen molar-refractivity contribution in [1.29, 1.82) is 0 Å². The van der Waals surface area contributed by atoms with Crippen LogP contribution >= 0.6 is 24.6 Å².